The molecule has 0 amide bonds. The number of rotatable bonds is 0. The molecule has 2 bridgehead atoms. The number of halogens is 12. The summed E-state index contributed by atoms with van der Waals surface area (Å²) in [7, 11) is 0. The third kappa shape index (κ3) is 1.43. The lowest BCUT2D eigenvalue weighted by molar-refractivity contribution is 0.423. The van der Waals surface area contributed by atoms with Crippen LogP contribution in [-0.4, -0.2) is 31.4 Å². The molecule has 0 radical (unpaired) electrons. The fourth-order valence-electron chi connectivity index (χ4n) is 2.29. The summed E-state index contributed by atoms with van der Waals surface area (Å²) in [6, 6.07) is 0. The fraction of sp³-hybridized carbons (Fsp3) is 1.00. The highest BCUT2D eigenvalue weighted by Crippen LogP contribution is 2.89. The van der Waals surface area contributed by atoms with Crippen molar-refractivity contribution in [1.29, 1.82) is 0 Å². The zero-order valence-electron chi connectivity index (χ0n) is 8.04. The van der Waals surface area contributed by atoms with Gasteiger partial charge in [0.05, 0.1) is 0 Å². The van der Waals surface area contributed by atoms with E-state index in [9.17, 15) is 0 Å². The van der Waals surface area contributed by atoms with E-state index in [1.807, 2.05) is 0 Å². The van der Waals surface area contributed by atoms with E-state index >= 15 is 0 Å². The quantitative estimate of drug-likeness (QED) is 0.314. The van der Waals surface area contributed by atoms with Gasteiger partial charge in [-0.05, 0) is 0 Å². The number of fused-ring (bicyclic) bond motifs is 2. The molecule has 0 nitrogen and oxygen atoms in total. The van der Waals surface area contributed by atoms with Crippen molar-refractivity contribution >= 4 is 139 Å². The van der Waals surface area contributed by atoms with E-state index < -0.39 is 31.4 Å². The van der Waals surface area contributed by atoms with Crippen molar-refractivity contribution < 1.29 is 0 Å². The van der Waals surface area contributed by atoms with Crippen LogP contribution in [0.25, 0.3) is 0 Å². The molecule has 0 heterocycles. The van der Waals surface area contributed by atoms with Crippen molar-refractivity contribution in [2.24, 2.45) is 0 Å². The highest BCUT2D eigenvalue weighted by atomic mass is 35.6. The van der Waals surface area contributed by atoms with E-state index in [-0.39, 0.29) is 0 Å². The molecule has 2 aliphatic carbocycles. The Morgan fingerprint density at radius 2 is 0.421 bits per heavy atom. The van der Waals surface area contributed by atoms with Crippen LogP contribution < -0.4 is 0 Å². The van der Waals surface area contributed by atoms with Crippen LogP contribution >= 0.6 is 139 Å². The second-order valence-electron chi connectivity index (χ2n) is 4.19. The third-order valence-corrected chi connectivity index (χ3v) is 12.7. The summed E-state index contributed by atoms with van der Waals surface area (Å²) in [6.45, 7) is 0. The molecule has 2 rings (SSSR count). The molecule has 19 heavy (non-hydrogen) atoms. The fourth-order valence-corrected chi connectivity index (χ4v) is 9.27. The zero-order chi connectivity index (χ0) is 15.5. The minimum absolute atomic E-state index is 2.25. The van der Waals surface area contributed by atoms with Crippen molar-refractivity contribution in [3.63, 3.8) is 0 Å². The van der Waals surface area contributed by atoms with Crippen LogP contribution in [0.2, 0.25) is 0 Å². The summed E-state index contributed by atoms with van der Waals surface area (Å²) in [5, 5.41) is 0. The van der Waals surface area contributed by atoms with Crippen molar-refractivity contribution in [3.05, 3.63) is 0 Å². The van der Waals surface area contributed by atoms with Gasteiger partial charge in [-0.2, -0.15) is 0 Å². The topological polar surface area (TPSA) is 0 Å². The monoisotopic (exact) mass is 504 g/mol. The minimum Gasteiger partial charge on any atom is -0.109 e. The smallest absolute Gasteiger partial charge is 0.109 e. The summed E-state index contributed by atoms with van der Waals surface area (Å²) in [6.07, 6.45) is 0. The zero-order valence-corrected chi connectivity index (χ0v) is 17.1. The average Bonchev–Trinajstić information content (AvgIpc) is 2.32. The first-order chi connectivity index (χ1) is 8.00. The van der Waals surface area contributed by atoms with Gasteiger partial charge in [0.25, 0.3) is 0 Å². The molecule has 0 aromatic carbocycles. The standard InChI is InChI=1S/C7Cl12/c8-1-3(10,11)2(9,6(16,17)4(1,12)13)7(18,19)5(1,14)15. The van der Waals surface area contributed by atoms with E-state index in [0.717, 1.165) is 0 Å². The van der Waals surface area contributed by atoms with E-state index in [0.29, 0.717) is 0 Å². The maximum atomic E-state index is 6.32. The second-order valence-corrected chi connectivity index (χ2v) is 12.0. The van der Waals surface area contributed by atoms with Gasteiger partial charge in [-0.25, -0.2) is 0 Å². The molecule has 2 aliphatic rings. The number of hydrogen-bond acceptors (Lipinski definition) is 0. The van der Waals surface area contributed by atoms with Gasteiger partial charge >= 0.3 is 0 Å². The average molecular weight is 510 g/mol. The Morgan fingerprint density at radius 1 is 0.263 bits per heavy atom. The molecule has 0 aromatic heterocycles. The summed E-state index contributed by atoms with van der Waals surface area (Å²) in [4.78, 5) is -4.53. The first-order valence-corrected chi connectivity index (χ1v) is 8.80. The van der Waals surface area contributed by atoms with Gasteiger partial charge in [-0.1, -0.05) is 116 Å². The van der Waals surface area contributed by atoms with Gasteiger partial charge in [-0.3, -0.25) is 0 Å². The molecule has 0 aromatic rings. The van der Waals surface area contributed by atoms with Gasteiger partial charge in [0, 0.05) is 0 Å². The molecule has 2 saturated carbocycles. The molecular weight excluding hydrogens is 510 g/mol. The molecule has 0 unspecified atom stereocenters. The minimum atomic E-state index is -2.27. The van der Waals surface area contributed by atoms with Gasteiger partial charge < -0.3 is 0 Å². The maximum absolute atomic E-state index is 6.32. The molecule has 2 fully saturated rings. The Morgan fingerprint density at radius 3 is 0.526 bits per heavy atom. The van der Waals surface area contributed by atoms with Gasteiger partial charge in [0.15, 0.2) is 31.4 Å². The van der Waals surface area contributed by atoms with Crippen LogP contribution in [0.5, 0.6) is 0 Å². The second kappa shape index (κ2) is 4.36. The highest BCUT2D eigenvalue weighted by molar-refractivity contribution is 6.83. The summed E-state index contributed by atoms with van der Waals surface area (Å²) < 4.78 is -11.3. The Hall–Kier alpha value is 3.48. The van der Waals surface area contributed by atoms with Crippen molar-refractivity contribution in [2.75, 3.05) is 0 Å². The van der Waals surface area contributed by atoms with Gasteiger partial charge in [0.1, 0.15) is 0 Å². The molecule has 0 saturated heterocycles. The molecule has 0 atom stereocenters. The highest BCUT2D eigenvalue weighted by Gasteiger charge is 3.04. The Kier molecular flexibility index (Phi) is 4.31. The summed E-state index contributed by atoms with van der Waals surface area (Å²) >= 11 is 73.9. The molecule has 0 aliphatic heterocycles. The van der Waals surface area contributed by atoms with Crippen molar-refractivity contribution in [3.8, 4) is 0 Å². The Balaban J connectivity index is 2.99. The largest absolute Gasteiger partial charge is 0.177 e. The van der Waals surface area contributed by atoms with Crippen LogP contribution in [0.15, 0.2) is 0 Å². The van der Waals surface area contributed by atoms with E-state index in [2.05, 4.69) is 0 Å². The lowest BCUT2D eigenvalue weighted by Crippen LogP contribution is -2.70. The predicted molar refractivity (Wildman–Crippen MR) is 89.4 cm³/mol. The molecule has 0 N–H and O–H groups in total. The van der Waals surface area contributed by atoms with Crippen molar-refractivity contribution in [1.82, 2.24) is 0 Å². The SMILES string of the molecule is ClC1(Cl)C(Cl)(Cl)C2(Cl)C(Cl)(Cl)C(Cl)(Cl)C1(Cl)C2(Cl)Cl. The van der Waals surface area contributed by atoms with Crippen molar-refractivity contribution in [2.45, 2.75) is 31.4 Å². The lowest BCUT2D eigenvalue weighted by Gasteiger charge is -2.53. The van der Waals surface area contributed by atoms with Gasteiger partial charge in [0.2, 0.25) is 0 Å². The third-order valence-electron chi connectivity index (χ3n) is 3.38. The van der Waals surface area contributed by atoms with Crippen LogP contribution in [0, 0.1) is 0 Å². The summed E-state index contributed by atoms with van der Waals surface area (Å²) in [5.74, 6) is 0. The van der Waals surface area contributed by atoms with Crippen LogP contribution in [0.3, 0.4) is 0 Å². The predicted octanol–water partition coefficient (Wildman–Crippen LogP) is 6.84. The first kappa shape index (κ1) is 18.8. The molecular formula is C7Cl12. The Labute approximate surface area is 169 Å². The lowest BCUT2D eigenvalue weighted by atomic mass is 9.95. The molecule has 0 spiro atoms. The number of alkyl halides is 12. The number of hydrogen-bond donors (Lipinski definition) is 0. The normalized spacial score (nSPS) is 47.4. The first-order valence-electron chi connectivity index (χ1n) is 4.27. The van der Waals surface area contributed by atoms with E-state index in [1.54, 1.807) is 0 Å². The Bertz CT molecular complexity index is 379. The summed E-state index contributed by atoms with van der Waals surface area (Å²) in [5.41, 5.74) is 0. The van der Waals surface area contributed by atoms with E-state index in [1.165, 1.54) is 0 Å². The van der Waals surface area contributed by atoms with Crippen LogP contribution in [0.1, 0.15) is 0 Å². The van der Waals surface area contributed by atoms with E-state index in [4.69, 9.17) is 139 Å². The maximum Gasteiger partial charge on any atom is 0.177 e. The van der Waals surface area contributed by atoms with Crippen LogP contribution in [-0.2, 0) is 0 Å². The van der Waals surface area contributed by atoms with Gasteiger partial charge in [-0.15, -0.1) is 23.2 Å². The molecule has 12 heteroatoms. The molecule has 112 valence electrons. The van der Waals surface area contributed by atoms with Crippen LogP contribution in [0.4, 0.5) is 0 Å².